The zero-order chi connectivity index (χ0) is 19.2. The predicted octanol–water partition coefficient (Wildman–Crippen LogP) is 3.50. The molecule has 2 N–H and O–H groups in total. The molecule has 3 rings (SSSR count). The van der Waals surface area contributed by atoms with Gasteiger partial charge >= 0.3 is 0 Å². The Kier molecular flexibility index (Phi) is 6.19. The van der Waals surface area contributed by atoms with E-state index in [1.54, 1.807) is 19.1 Å². The fourth-order valence-electron chi connectivity index (χ4n) is 3.30. The van der Waals surface area contributed by atoms with Crippen molar-refractivity contribution in [2.75, 3.05) is 23.7 Å². The van der Waals surface area contributed by atoms with E-state index in [-0.39, 0.29) is 23.4 Å². The third kappa shape index (κ3) is 4.92. The second-order valence-electron chi connectivity index (χ2n) is 6.83. The largest absolute Gasteiger partial charge is 0.326 e. The summed E-state index contributed by atoms with van der Waals surface area (Å²) in [6.07, 6.45) is 1.63. The maximum atomic E-state index is 13.7. The van der Waals surface area contributed by atoms with Crippen molar-refractivity contribution >= 4 is 23.2 Å². The summed E-state index contributed by atoms with van der Waals surface area (Å²) in [7, 11) is 0. The number of halogens is 1. The van der Waals surface area contributed by atoms with Gasteiger partial charge in [0.05, 0.1) is 17.6 Å². The third-order valence-electron chi connectivity index (χ3n) is 4.92. The molecule has 0 aromatic heterocycles. The highest BCUT2D eigenvalue weighted by Gasteiger charge is 2.31. The van der Waals surface area contributed by atoms with Crippen LogP contribution in [0, 0.1) is 11.7 Å². The normalized spacial score (nSPS) is 18.5. The molecule has 1 saturated heterocycles. The number of benzene rings is 2. The molecular weight excluding hydrogens is 345 g/mol. The second kappa shape index (κ2) is 8.77. The van der Waals surface area contributed by atoms with Gasteiger partial charge in [0.25, 0.3) is 0 Å². The Morgan fingerprint density at radius 3 is 2.52 bits per heavy atom. The van der Waals surface area contributed by atoms with Gasteiger partial charge in [-0.1, -0.05) is 30.3 Å². The molecule has 142 valence electrons. The molecule has 5 nitrogen and oxygen atoms in total. The predicted molar refractivity (Wildman–Crippen MR) is 104 cm³/mol. The number of rotatable bonds is 5. The van der Waals surface area contributed by atoms with Gasteiger partial charge in [-0.3, -0.25) is 14.5 Å². The van der Waals surface area contributed by atoms with E-state index >= 15 is 0 Å². The van der Waals surface area contributed by atoms with Crippen molar-refractivity contribution in [2.45, 2.75) is 25.8 Å². The molecule has 1 aliphatic heterocycles. The molecule has 6 heteroatoms. The first kappa shape index (κ1) is 19.0. The maximum absolute atomic E-state index is 13.7. The molecule has 0 spiro atoms. The van der Waals surface area contributed by atoms with E-state index in [1.165, 1.54) is 12.1 Å². The van der Waals surface area contributed by atoms with E-state index in [0.717, 1.165) is 25.1 Å². The van der Waals surface area contributed by atoms with Gasteiger partial charge < -0.3 is 10.6 Å². The number of anilines is 2. The third-order valence-corrected chi connectivity index (χ3v) is 4.92. The van der Waals surface area contributed by atoms with Crippen LogP contribution in [0.4, 0.5) is 15.8 Å². The van der Waals surface area contributed by atoms with Crippen molar-refractivity contribution in [1.29, 1.82) is 0 Å². The minimum Gasteiger partial charge on any atom is -0.326 e. The van der Waals surface area contributed by atoms with Crippen LogP contribution in [0.5, 0.6) is 0 Å². The SMILES string of the molecule is C[C@H](C(=O)Nc1ccccc1F)N1CCC[C@@H](C(=O)Nc2ccccc2)C1. The molecule has 1 aliphatic rings. The van der Waals surface area contributed by atoms with Gasteiger partial charge in [0.2, 0.25) is 11.8 Å². The fourth-order valence-corrected chi connectivity index (χ4v) is 3.30. The Bertz CT molecular complexity index is 797. The molecule has 1 fully saturated rings. The van der Waals surface area contributed by atoms with Gasteiger partial charge in [0.15, 0.2) is 0 Å². The number of nitrogens with zero attached hydrogens (tertiary/aromatic N) is 1. The van der Waals surface area contributed by atoms with Crippen LogP contribution >= 0.6 is 0 Å². The minimum absolute atomic E-state index is 0.0346. The Balaban J connectivity index is 1.59. The molecule has 2 amide bonds. The smallest absolute Gasteiger partial charge is 0.241 e. The molecule has 0 unspecified atom stereocenters. The van der Waals surface area contributed by atoms with Crippen LogP contribution in [0.1, 0.15) is 19.8 Å². The second-order valence-corrected chi connectivity index (χ2v) is 6.83. The van der Waals surface area contributed by atoms with E-state index in [2.05, 4.69) is 10.6 Å². The van der Waals surface area contributed by atoms with E-state index in [1.807, 2.05) is 35.2 Å². The number of nitrogens with one attached hydrogen (secondary N) is 2. The van der Waals surface area contributed by atoms with E-state index in [4.69, 9.17) is 0 Å². The lowest BCUT2D eigenvalue weighted by Crippen LogP contribution is -2.49. The summed E-state index contributed by atoms with van der Waals surface area (Å²) in [4.78, 5) is 27.0. The van der Waals surface area contributed by atoms with Gasteiger partial charge in [-0.25, -0.2) is 4.39 Å². The van der Waals surface area contributed by atoms with Crippen molar-refractivity contribution in [1.82, 2.24) is 4.90 Å². The summed E-state index contributed by atoms with van der Waals surface area (Å²) in [6.45, 7) is 3.03. The van der Waals surface area contributed by atoms with Gasteiger partial charge in [-0.05, 0) is 50.6 Å². The molecule has 0 radical (unpaired) electrons. The first-order valence-corrected chi connectivity index (χ1v) is 9.20. The summed E-state index contributed by atoms with van der Waals surface area (Å²) >= 11 is 0. The summed E-state index contributed by atoms with van der Waals surface area (Å²) in [5, 5.41) is 5.57. The van der Waals surface area contributed by atoms with Crippen LogP contribution in [0.3, 0.4) is 0 Å². The highest BCUT2D eigenvalue weighted by atomic mass is 19.1. The lowest BCUT2D eigenvalue weighted by molar-refractivity contribution is -0.125. The summed E-state index contributed by atoms with van der Waals surface area (Å²) in [5.41, 5.74) is 0.940. The molecule has 2 aromatic carbocycles. The number of hydrogen-bond acceptors (Lipinski definition) is 3. The topological polar surface area (TPSA) is 61.4 Å². The lowest BCUT2D eigenvalue weighted by atomic mass is 9.95. The van der Waals surface area contributed by atoms with Crippen molar-refractivity contribution in [3.63, 3.8) is 0 Å². The first-order chi connectivity index (χ1) is 13.0. The van der Waals surface area contributed by atoms with E-state index in [0.29, 0.717) is 6.54 Å². The number of carbonyl (C=O) groups excluding carboxylic acids is 2. The number of piperidine rings is 1. The summed E-state index contributed by atoms with van der Waals surface area (Å²) in [6, 6.07) is 15.0. The van der Waals surface area contributed by atoms with Crippen molar-refractivity contribution in [3.05, 3.63) is 60.4 Å². The summed E-state index contributed by atoms with van der Waals surface area (Å²) < 4.78 is 13.7. The van der Waals surface area contributed by atoms with E-state index in [9.17, 15) is 14.0 Å². The molecule has 27 heavy (non-hydrogen) atoms. The fraction of sp³-hybridized carbons (Fsp3) is 0.333. The average molecular weight is 369 g/mol. The van der Waals surface area contributed by atoms with Gasteiger partial charge in [-0.15, -0.1) is 0 Å². The summed E-state index contributed by atoms with van der Waals surface area (Å²) in [5.74, 6) is -0.948. The molecule has 0 saturated carbocycles. The van der Waals surface area contributed by atoms with Crippen molar-refractivity contribution in [3.8, 4) is 0 Å². The lowest BCUT2D eigenvalue weighted by Gasteiger charge is -2.35. The number of para-hydroxylation sites is 2. The van der Waals surface area contributed by atoms with Gasteiger partial charge in [0, 0.05) is 12.2 Å². The number of amides is 2. The zero-order valence-corrected chi connectivity index (χ0v) is 15.3. The van der Waals surface area contributed by atoms with Crippen LogP contribution in [-0.2, 0) is 9.59 Å². The molecular formula is C21H24FN3O2. The molecule has 0 aliphatic carbocycles. The molecule has 1 heterocycles. The van der Waals surface area contributed by atoms with Crippen molar-refractivity contribution < 1.29 is 14.0 Å². The molecule has 2 atom stereocenters. The van der Waals surface area contributed by atoms with Gasteiger partial charge in [-0.2, -0.15) is 0 Å². The van der Waals surface area contributed by atoms with Crippen LogP contribution in [-0.4, -0.2) is 35.8 Å². The van der Waals surface area contributed by atoms with Gasteiger partial charge in [0.1, 0.15) is 5.82 Å². The van der Waals surface area contributed by atoms with Crippen LogP contribution < -0.4 is 10.6 Å². The van der Waals surface area contributed by atoms with E-state index < -0.39 is 11.9 Å². The zero-order valence-electron chi connectivity index (χ0n) is 15.3. The Hall–Kier alpha value is -2.73. The highest BCUT2D eigenvalue weighted by molar-refractivity contribution is 5.95. The minimum atomic E-state index is -0.461. The quantitative estimate of drug-likeness (QED) is 0.848. The van der Waals surface area contributed by atoms with Crippen LogP contribution in [0.15, 0.2) is 54.6 Å². The number of hydrogen-bond donors (Lipinski definition) is 2. The average Bonchev–Trinajstić information content (AvgIpc) is 2.70. The first-order valence-electron chi connectivity index (χ1n) is 9.20. The van der Waals surface area contributed by atoms with Crippen LogP contribution in [0.2, 0.25) is 0 Å². The Morgan fingerprint density at radius 1 is 1.07 bits per heavy atom. The maximum Gasteiger partial charge on any atom is 0.241 e. The van der Waals surface area contributed by atoms with Crippen LogP contribution in [0.25, 0.3) is 0 Å². The van der Waals surface area contributed by atoms with Crippen molar-refractivity contribution in [2.24, 2.45) is 5.92 Å². The highest BCUT2D eigenvalue weighted by Crippen LogP contribution is 2.21. The molecule has 0 bridgehead atoms. The number of likely N-dealkylation sites (tertiary alicyclic amines) is 1. The Morgan fingerprint density at radius 2 is 1.78 bits per heavy atom. The molecule has 2 aromatic rings. The Labute approximate surface area is 158 Å². The monoisotopic (exact) mass is 369 g/mol. The standard InChI is InChI=1S/C21H24FN3O2/c1-15(20(26)24-19-12-6-5-11-18(19)22)25-13-7-8-16(14-25)21(27)23-17-9-3-2-4-10-17/h2-6,9-12,15-16H,7-8,13-14H2,1H3,(H,23,27)(H,24,26)/t15-,16-/m1/s1. The number of carbonyl (C=O) groups is 2.